The first-order valence-electron chi connectivity index (χ1n) is 9.25. The molecule has 1 aromatic heterocycles. The SMILES string of the molecule is COc1ccc(-c2ccc(=O)n3c2[C@H]2C[C@@H](CN(C(=O)CSC)C2)C3)cc1. The van der Waals surface area contributed by atoms with Gasteiger partial charge in [-0.15, -0.1) is 0 Å². The third-order valence-electron chi connectivity index (χ3n) is 5.61. The fraction of sp³-hybridized carbons (Fsp3) is 0.429. The second-order valence-electron chi connectivity index (χ2n) is 7.34. The smallest absolute Gasteiger partial charge is 0.250 e. The summed E-state index contributed by atoms with van der Waals surface area (Å²) in [5.74, 6) is 2.09. The molecule has 2 aliphatic rings. The lowest BCUT2D eigenvalue weighted by molar-refractivity contribution is -0.131. The molecule has 6 heteroatoms. The van der Waals surface area contributed by atoms with E-state index in [9.17, 15) is 9.59 Å². The normalized spacial score (nSPS) is 20.9. The summed E-state index contributed by atoms with van der Waals surface area (Å²) < 4.78 is 7.20. The van der Waals surface area contributed by atoms with Gasteiger partial charge in [-0.1, -0.05) is 12.1 Å². The number of fused-ring (bicyclic) bond motifs is 4. The number of ether oxygens (including phenoxy) is 1. The Morgan fingerprint density at radius 1 is 1.15 bits per heavy atom. The summed E-state index contributed by atoms with van der Waals surface area (Å²) in [6, 6.07) is 11.5. The number of hydrogen-bond acceptors (Lipinski definition) is 4. The maximum Gasteiger partial charge on any atom is 0.250 e. The van der Waals surface area contributed by atoms with E-state index in [1.807, 2.05) is 46.1 Å². The van der Waals surface area contributed by atoms with E-state index in [2.05, 4.69) is 0 Å². The van der Waals surface area contributed by atoms with Crippen molar-refractivity contribution in [3.05, 3.63) is 52.4 Å². The van der Waals surface area contributed by atoms with E-state index in [0.717, 1.165) is 35.5 Å². The van der Waals surface area contributed by atoms with Crippen LogP contribution in [0.5, 0.6) is 5.75 Å². The molecule has 2 aromatic rings. The molecular formula is C21H24N2O3S. The molecule has 0 radical (unpaired) electrons. The first-order chi connectivity index (χ1) is 13.1. The van der Waals surface area contributed by atoms with Crippen LogP contribution in [0.25, 0.3) is 11.1 Å². The fourth-order valence-corrected chi connectivity index (χ4v) is 4.88. The zero-order chi connectivity index (χ0) is 19.0. The van der Waals surface area contributed by atoms with Crippen molar-refractivity contribution in [3.63, 3.8) is 0 Å². The number of piperidine rings is 1. The second kappa shape index (κ2) is 7.43. The molecule has 2 atom stereocenters. The number of amides is 1. The highest BCUT2D eigenvalue weighted by atomic mass is 32.2. The molecule has 4 rings (SSSR count). The highest BCUT2D eigenvalue weighted by Gasteiger charge is 2.37. The summed E-state index contributed by atoms with van der Waals surface area (Å²) in [7, 11) is 1.65. The molecule has 1 saturated heterocycles. The first kappa shape index (κ1) is 18.2. The highest BCUT2D eigenvalue weighted by molar-refractivity contribution is 7.99. The molecule has 0 aliphatic carbocycles. The predicted octanol–water partition coefficient (Wildman–Crippen LogP) is 2.83. The summed E-state index contributed by atoms with van der Waals surface area (Å²) in [5.41, 5.74) is 3.29. The Morgan fingerprint density at radius 2 is 1.93 bits per heavy atom. The van der Waals surface area contributed by atoms with Gasteiger partial charge in [0.05, 0.1) is 12.9 Å². The van der Waals surface area contributed by atoms with E-state index in [1.165, 1.54) is 0 Å². The van der Waals surface area contributed by atoms with Crippen molar-refractivity contribution in [1.29, 1.82) is 0 Å². The molecule has 142 valence electrons. The number of carbonyl (C=O) groups excluding carboxylic acids is 1. The fourth-order valence-electron chi connectivity index (χ4n) is 4.45. The lowest BCUT2D eigenvalue weighted by atomic mass is 9.80. The summed E-state index contributed by atoms with van der Waals surface area (Å²) in [6.45, 7) is 2.15. The molecule has 0 saturated carbocycles. The van der Waals surface area contributed by atoms with Gasteiger partial charge < -0.3 is 14.2 Å². The Morgan fingerprint density at radius 3 is 2.63 bits per heavy atom. The van der Waals surface area contributed by atoms with Gasteiger partial charge in [-0.2, -0.15) is 11.8 Å². The molecule has 0 unspecified atom stereocenters. The number of aromatic nitrogens is 1. The lowest BCUT2D eigenvalue weighted by Gasteiger charge is -2.43. The molecule has 2 bridgehead atoms. The standard InChI is InChI=1S/C21H24N2O3S/c1-26-17-5-3-15(4-6-17)18-7-8-19(24)23-11-14-9-16(21(18)23)12-22(10-14)20(25)13-27-2/h3-8,14,16H,9-13H2,1-2H3/t14-,16-/m0/s1. The van der Waals surface area contributed by atoms with Crippen molar-refractivity contribution < 1.29 is 9.53 Å². The third kappa shape index (κ3) is 3.38. The molecule has 27 heavy (non-hydrogen) atoms. The zero-order valence-corrected chi connectivity index (χ0v) is 16.5. The van der Waals surface area contributed by atoms with Gasteiger partial charge in [0.2, 0.25) is 5.91 Å². The molecule has 2 aliphatic heterocycles. The monoisotopic (exact) mass is 384 g/mol. The van der Waals surface area contributed by atoms with Gasteiger partial charge in [0.1, 0.15) is 5.75 Å². The Labute approximate surface area is 163 Å². The van der Waals surface area contributed by atoms with Crippen LogP contribution in [0.1, 0.15) is 18.0 Å². The van der Waals surface area contributed by atoms with Gasteiger partial charge in [0, 0.05) is 42.9 Å². The predicted molar refractivity (Wildman–Crippen MR) is 109 cm³/mol. The summed E-state index contributed by atoms with van der Waals surface area (Å²) in [5, 5.41) is 0. The molecular weight excluding hydrogens is 360 g/mol. The Kier molecular flexibility index (Phi) is 5.00. The van der Waals surface area contributed by atoms with E-state index < -0.39 is 0 Å². The number of benzene rings is 1. The van der Waals surface area contributed by atoms with Crippen LogP contribution >= 0.6 is 11.8 Å². The Hall–Kier alpha value is -2.21. The van der Waals surface area contributed by atoms with Crippen LogP contribution in [0.15, 0.2) is 41.2 Å². The van der Waals surface area contributed by atoms with Gasteiger partial charge in [-0.3, -0.25) is 9.59 Å². The van der Waals surface area contributed by atoms with Crippen LogP contribution in [0, 0.1) is 5.92 Å². The summed E-state index contributed by atoms with van der Waals surface area (Å²) >= 11 is 1.56. The second-order valence-corrected chi connectivity index (χ2v) is 8.21. The zero-order valence-electron chi connectivity index (χ0n) is 15.7. The topological polar surface area (TPSA) is 51.5 Å². The average Bonchev–Trinajstić information content (AvgIpc) is 2.69. The minimum atomic E-state index is 0.0563. The quantitative estimate of drug-likeness (QED) is 0.813. The van der Waals surface area contributed by atoms with Crippen molar-refractivity contribution in [1.82, 2.24) is 9.47 Å². The van der Waals surface area contributed by atoms with Crippen LogP contribution in [-0.2, 0) is 11.3 Å². The maximum absolute atomic E-state index is 12.6. The van der Waals surface area contributed by atoms with Crippen LogP contribution in [0.4, 0.5) is 0 Å². The molecule has 0 spiro atoms. The number of hydrogen-bond donors (Lipinski definition) is 0. The van der Waals surface area contributed by atoms with E-state index in [4.69, 9.17) is 4.74 Å². The van der Waals surface area contributed by atoms with Crippen LogP contribution < -0.4 is 10.3 Å². The van der Waals surface area contributed by atoms with Crippen molar-refractivity contribution in [2.24, 2.45) is 5.92 Å². The van der Waals surface area contributed by atoms with E-state index >= 15 is 0 Å². The molecule has 5 nitrogen and oxygen atoms in total. The average molecular weight is 385 g/mol. The van der Waals surface area contributed by atoms with E-state index in [1.54, 1.807) is 24.9 Å². The molecule has 1 fully saturated rings. The summed E-state index contributed by atoms with van der Waals surface area (Å²) in [6.07, 6.45) is 3.00. The summed E-state index contributed by atoms with van der Waals surface area (Å²) in [4.78, 5) is 27.0. The van der Waals surface area contributed by atoms with Crippen molar-refractivity contribution in [2.45, 2.75) is 18.9 Å². The van der Waals surface area contributed by atoms with Crippen molar-refractivity contribution in [2.75, 3.05) is 32.2 Å². The third-order valence-corrected chi connectivity index (χ3v) is 6.15. The first-order valence-corrected chi connectivity index (χ1v) is 10.6. The highest BCUT2D eigenvalue weighted by Crippen LogP contribution is 2.40. The minimum absolute atomic E-state index is 0.0563. The lowest BCUT2D eigenvalue weighted by Crippen LogP contribution is -2.49. The van der Waals surface area contributed by atoms with E-state index in [-0.39, 0.29) is 17.4 Å². The van der Waals surface area contributed by atoms with Gasteiger partial charge in [-0.25, -0.2) is 0 Å². The van der Waals surface area contributed by atoms with E-state index in [0.29, 0.717) is 24.8 Å². The van der Waals surface area contributed by atoms with Gasteiger partial charge in [0.15, 0.2) is 0 Å². The Bertz CT molecular complexity index is 907. The number of thioether (sulfide) groups is 1. The van der Waals surface area contributed by atoms with Gasteiger partial charge in [-0.05, 0) is 42.4 Å². The van der Waals surface area contributed by atoms with Crippen molar-refractivity contribution in [3.8, 4) is 16.9 Å². The van der Waals surface area contributed by atoms with Crippen LogP contribution in [0.3, 0.4) is 0 Å². The molecule has 0 N–H and O–H groups in total. The number of carbonyl (C=O) groups is 1. The minimum Gasteiger partial charge on any atom is -0.497 e. The number of nitrogens with zero attached hydrogens (tertiary/aromatic N) is 2. The maximum atomic E-state index is 12.6. The molecule has 3 heterocycles. The number of pyridine rings is 1. The number of likely N-dealkylation sites (tertiary alicyclic amines) is 1. The van der Waals surface area contributed by atoms with Crippen molar-refractivity contribution >= 4 is 17.7 Å². The molecule has 1 aromatic carbocycles. The van der Waals surface area contributed by atoms with Gasteiger partial charge >= 0.3 is 0 Å². The Balaban J connectivity index is 1.75. The number of rotatable bonds is 4. The van der Waals surface area contributed by atoms with Crippen LogP contribution in [-0.4, -0.2) is 47.6 Å². The number of methoxy groups -OCH3 is 1. The van der Waals surface area contributed by atoms with Gasteiger partial charge in [0.25, 0.3) is 5.56 Å². The van der Waals surface area contributed by atoms with Crippen LogP contribution in [0.2, 0.25) is 0 Å². The largest absolute Gasteiger partial charge is 0.497 e. The molecule has 1 amide bonds.